The van der Waals surface area contributed by atoms with Gasteiger partial charge < -0.3 is 0 Å². The molecule has 0 fully saturated rings. The van der Waals surface area contributed by atoms with Gasteiger partial charge in [0, 0.05) is 31.5 Å². The minimum atomic E-state index is 0.898. The van der Waals surface area contributed by atoms with Crippen LogP contribution < -0.4 is 0 Å². The van der Waals surface area contributed by atoms with Crippen molar-refractivity contribution >= 4 is 31.9 Å². The number of aryl methyl sites for hydroxylation is 2. The molecule has 1 aromatic heterocycles. The molecule has 21 heavy (non-hydrogen) atoms. The molecule has 2 rings (SSSR count). The first-order valence-corrected chi connectivity index (χ1v) is 9.11. The number of alkyl halides is 1. The van der Waals surface area contributed by atoms with Gasteiger partial charge in [-0.1, -0.05) is 46.3 Å². The maximum Gasteiger partial charge on any atom is 0.0739 e. The summed E-state index contributed by atoms with van der Waals surface area (Å²) in [5.41, 5.74) is 3.66. The minimum absolute atomic E-state index is 0.898. The molecule has 0 unspecified atom stereocenters. The highest BCUT2D eigenvalue weighted by Gasteiger charge is 2.15. The molecule has 0 N–H and O–H groups in total. The maximum absolute atomic E-state index is 4.58. The predicted octanol–water partition coefficient (Wildman–Crippen LogP) is 4.37. The lowest BCUT2D eigenvalue weighted by atomic mass is 10.2. The molecule has 0 saturated heterocycles. The van der Waals surface area contributed by atoms with Crippen LogP contribution in [0.5, 0.6) is 0 Å². The van der Waals surface area contributed by atoms with Gasteiger partial charge in [-0.15, -0.1) is 0 Å². The molecule has 3 nitrogen and oxygen atoms in total. The topological polar surface area (TPSA) is 21.1 Å². The average Bonchev–Trinajstić information content (AvgIpc) is 2.76. The Bertz CT molecular complexity index is 566. The molecule has 114 valence electrons. The number of halogens is 2. The van der Waals surface area contributed by atoms with Crippen molar-refractivity contribution in [3.63, 3.8) is 0 Å². The molecule has 0 saturated carbocycles. The van der Waals surface area contributed by atoms with Crippen molar-refractivity contribution < 1.29 is 0 Å². The van der Waals surface area contributed by atoms with Crippen molar-refractivity contribution in [2.24, 2.45) is 0 Å². The van der Waals surface area contributed by atoms with Crippen molar-refractivity contribution in [3.8, 4) is 0 Å². The van der Waals surface area contributed by atoms with Crippen molar-refractivity contribution in [2.75, 3.05) is 11.9 Å². The summed E-state index contributed by atoms with van der Waals surface area (Å²) >= 11 is 7.25. The van der Waals surface area contributed by atoms with Gasteiger partial charge in [0.15, 0.2) is 0 Å². The third-order valence-electron chi connectivity index (χ3n) is 3.48. The molecule has 0 aliphatic carbocycles. The first kappa shape index (κ1) is 16.7. The summed E-state index contributed by atoms with van der Waals surface area (Å²) < 4.78 is 3.23. The largest absolute Gasteiger partial charge is 0.292 e. The maximum atomic E-state index is 4.58. The van der Waals surface area contributed by atoms with Gasteiger partial charge in [0.1, 0.15) is 0 Å². The van der Waals surface area contributed by atoms with Gasteiger partial charge in [-0.05, 0) is 35.3 Å². The number of benzene rings is 1. The van der Waals surface area contributed by atoms with E-state index in [-0.39, 0.29) is 0 Å². The van der Waals surface area contributed by atoms with E-state index in [0.717, 1.165) is 41.7 Å². The molecule has 0 spiro atoms. The second-order valence-electron chi connectivity index (χ2n) is 5.05. The summed E-state index contributed by atoms with van der Waals surface area (Å²) in [6, 6.07) is 10.6. The standard InChI is InChI=1S/C16H21Br2N3/c1-3-21-15(16(18)13(2)19-21)12-20(10-9-17)11-14-7-5-4-6-8-14/h4-8H,3,9-12H2,1-2H3. The number of hydrogen-bond donors (Lipinski definition) is 0. The fraction of sp³-hybridized carbons (Fsp3) is 0.438. The van der Waals surface area contributed by atoms with E-state index in [1.807, 2.05) is 6.92 Å². The molecule has 0 amide bonds. The molecule has 1 aromatic carbocycles. The lowest BCUT2D eigenvalue weighted by molar-refractivity contribution is 0.265. The highest BCUT2D eigenvalue weighted by Crippen LogP contribution is 2.23. The Morgan fingerprint density at radius 1 is 1.19 bits per heavy atom. The molecule has 0 aliphatic heterocycles. The highest BCUT2D eigenvalue weighted by molar-refractivity contribution is 9.10. The molecule has 0 aliphatic rings. The molecule has 2 aromatic rings. The third kappa shape index (κ3) is 4.41. The second kappa shape index (κ2) is 8.11. The third-order valence-corrected chi connectivity index (χ3v) is 4.86. The molecule has 5 heteroatoms. The number of hydrogen-bond acceptors (Lipinski definition) is 2. The summed E-state index contributed by atoms with van der Waals surface area (Å²) in [5, 5.41) is 5.55. The molecule has 0 bridgehead atoms. The van der Waals surface area contributed by atoms with E-state index < -0.39 is 0 Å². The van der Waals surface area contributed by atoms with E-state index in [0.29, 0.717) is 0 Å². The summed E-state index contributed by atoms with van der Waals surface area (Å²) in [6.45, 7) is 7.94. The van der Waals surface area contributed by atoms with Gasteiger partial charge in [-0.3, -0.25) is 9.58 Å². The zero-order chi connectivity index (χ0) is 15.2. The van der Waals surface area contributed by atoms with Crippen LogP contribution in [0.2, 0.25) is 0 Å². The quantitative estimate of drug-likeness (QED) is 0.627. The lowest BCUT2D eigenvalue weighted by Gasteiger charge is -2.22. The molecule has 1 heterocycles. The van der Waals surface area contributed by atoms with Crippen LogP contribution in [0.1, 0.15) is 23.9 Å². The number of nitrogens with zero attached hydrogens (tertiary/aromatic N) is 3. The molecular weight excluding hydrogens is 394 g/mol. The Labute approximate surface area is 143 Å². The monoisotopic (exact) mass is 413 g/mol. The number of rotatable bonds is 7. The van der Waals surface area contributed by atoms with Crippen LogP contribution in [-0.2, 0) is 19.6 Å². The van der Waals surface area contributed by atoms with Crippen LogP contribution in [0.3, 0.4) is 0 Å². The van der Waals surface area contributed by atoms with Crippen LogP contribution in [0.4, 0.5) is 0 Å². The smallest absolute Gasteiger partial charge is 0.0739 e. The highest BCUT2D eigenvalue weighted by atomic mass is 79.9. The van der Waals surface area contributed by atoms with E-state index in [1.165, 1.54) is 11.3 Å². The number of aromatic nitrogens is 2. The van der Waals surface area contributed by atoms with Crippen LogP contribution in [0, 0.1) is 6.92 Å². The van der Waals surface area contributed by atoms with Crippen LogP contribution in [0.25, 0.3) is 0 Å². The summed E-state index contributed by atoms with van der Waals surface area (Å²) in [7, 11) is 0. The Balaban J connectivity index is 2.16. The van der Waals surface area contributed by atoms with Gasteiger partial charge in [-0.2, -0.15) is 5.10 Å². The van der Waals surface area contributed by atoms with Gasteiger partial charge in [0.05, 0.1) is 15.9 Å². The SMILES string of the molecule is CCn1nc(C)c(Br)c1CN(CCBr)Cc1ccccc1. The van der Waals surface area contributed by atoms with E-state index >= 15 is 0 Å². The van der Waals surface area contributed by atoms with Gasteiger partial charge in [0.2, 0.25) is 0 Å². The molecular formula is C16H21Br2N3. The summed E-state index contributed by atoms with van der Waals surface area (Å²) in [5.74, 6) is 0. The van der Waals surface area contributed by atoms with Crippen molar-refractivity contribution in [2.45, 2.75) is 33.5 Å². The normalized spacial score (nSPS) is 11.3. The Kier molecular flexibility index (Phi) is 6.45. The van der Waals surface area contributed by atoms with Crippen LogP contribution in [-0.4, -0.2) is 26.6 Å². The first-order valence-electron chi connectivity index (χ1n) is 7.19. The van der Waals surface area contributed by atoms with Crippen molar-refractivity contribution in [1.82, 2.24) is 14.7 Å². The molecule has 0 atom stereocenters. The zero-order valence-electron chi connectivity index (χ0n) is 12.5. The first-order chi connectivity index (χ1) is 10.2. The van der Waals surface area contributed by atoms with E-state index in [4.69, 9.17) is 0 Å². The fourth-order valence-corrected chi connectivity index (χ4v) is 3.32. The summed E-state index contributed by atoms with van der Waals surface area (Å²) in [6.07, 6.45) is 0. The lowest BCUT2D eigenvalue weighted by Crippen LogP contribution is -2.26. The van der Waals surface area contributed by atoms with Gasteiger partial charge in [0.25, 0.3) is 0 Å². The Hall–Kier alpha value is -0.650. The van der Waals surface area contributed by atoms with E-state index in [1.54, 1.807) is 0 Å². The summed E-state index contributed by atoms with van der Waals surface area (Å²) in [4.78, 5) is 2.44. The second-order valence-corrected chi connectivity index (χ2v) is 6.63. The predicted molar refractivity (Wildman–Crippen MR) is 94.7 cm³/mol. The average molecular weight is 415 g/mol. The minimum Gasteiger partial charge on any atom is -0.292 e. The van der Waals surface area contributed by atoms with Gasteiger partial charge >= 0.3 is 0 Å². The van der Waals surface area contributed by atoms with Gasteiger partial charge in [-0.25, -0.2) is 0 Å². The zero-order valence-corrected chi connectivity index (χ0v) is 15.7. The van der Waals surface area contributed by atoms with Crippen molar-refractivity contribution in [3.05, 3.63) is 51.8 Å². The Morgan fingerprint density at radius 2 is 1.90 bits per heavy atom. The van der Waals surface area contributed by atoms with Crippen LogP contribution >= 0.6 is 31.9 Å². The van der Waals surface area contributed by atoms with E-state index in [2.05, 4.69) is 83.8 Å². The molecule has 0 radical (unpaired) electrons. The Morgan fingerprint density at radius 3 is 2.52 bits per heavy atom. The van der Waals surface area contributed by atoms with Crippen LogP contribution in [0.15, 0.2) is 34.8 Å². The fourth-order valence-electron chi connectivity index (χ4n) is 2.41. The van der Waals surface area contributed by atoms with E-state index in [9.17, 15) is 0 Å². The van der Waals surface area contributed by atoms with Crippen molar-refractivity contribution in [1.29, 1.82) is 0 Å².